The molecular formula is C11H14N2OS. The minimum atomic E-state index is 0.0983. The van der Waals surface area contributed by atoms with Gasteiger partial charge in [0.15, 0.2) is 5.78 Å². The number of aromatic nitrogens is 1. The van der Waals surface area contributed by atoms with Crippen LogP contribution < -0.4 is 0 Å². The molecule has 4 heteroatoms. The lowest BCUT2D eigenvalue weighted by molar-refractivity contribution is 0.0948. The van der Waals surface area contributed by atoms with Gasteiger partial charge in [0.25, 0.3) is 0 Å². The predicted octanol–water partition coefficient (Wildman–Crippen LogP) is 2.00. The van der Waals surface area contributed by atoms with Crippen molar-refractivity contribution >= 4 is 17.1 Å². The number of nitrogens with zero attached hydrogens (tertiary/aromatic N) is 2. The van der Waals surface area contributed by atoms with E-state index in [1.165, 1.54) is 11.3 Å². The molecule has 0 aliphatic heterocycles. The number of hydrogen-bond acceptors (Lipinski definition) is 4. The molecule has 0 aromatic carbocycles. The lowest BCUT2D eigenvalue weighted by Gasteiger charge is -2.16. The minimum absolute atomic E-state index is 0.0983. The van der Waals surface area contributed by atoms with Crippen LogP contribution in [0.2, 0.25) is 0 Å². The first kappa shape index (κ1) is 11.8. The third-order valence-corrected chi connectivity index (χ3v) is 2.66. The quantitative estimate of drug-likeness (QED) is 0.522. The Morgan fingerprint density at radius 2 is 2.13 bits per heavy atom. The van der Waals surface area contributed by atoms with Gasteiger partial charge < -0.3 is 0 Å². The summed E-state index contributed by atoms with van der Waals surface area (Å²) in [6, 6.07) is 0. The first-order valence-corrected chi connectivity index (χ1v) is 5.51. The second-order valence-corrected chi connectivity index (χ2v) is 3.95. The summed E-state index contributed by atoms with van der Waals surface area (Å²) < 4.78 is 0. The van der Waals surface area contributed by atoms with E-state index in [0.717, 1.165) is 0 Å². The third kappa shape index (κ3) is 3.77. The van der Waals surface area contributed by atoms with E-state index >= 15 is 0 Å². The molecule has 0 N–H and O–H groups in total. The van der Waals surface area contributed by atoms with E-state index in [4.69, 9.17) is 0 Å². The molecule has 0 spiro atoms. The standard InChI is InChI=1S/C11H14N2OS/c1-3-5-13(6-4-2)8-10(14)11-7-12-9-15-11/h3-4,7,9H,1-2,5-6,8H2. The van der Waals surface area contributed by atoms with E-state index in [9.17, 15) is 4.79 Å². The summed E-state index contributed by atoms with van der Waals surface area (Å²) in [5.41, 5.74) is 1.67. The van der Waals surface area contributed by atoms with Crippen LogP contribution in [-0.2, 0) is 0 Å². The Balaban J connectivity index is 2.54. The Hall–Kier alpha value is -1.26. The zero-order chi connectivity index (χ0) is 11.1. The van der Waals surface area contributed by atoms with Gasteiger partial charge in [0.05, 0.1) is 16.9 Å². The van der Waals surface area contributed by atoms with Crippen LogP contribution in [0.1, 0.15) is 9.67 Å². The normalized spacial score (nSPS) is 10.2. The smallest absolute Gasteiger partial charge is 0.188 e. The molecule has 0 amide bonds. The molecule has 0 unspecified atom stereocenters. The molecule has 1 rings (SSSR count). The van der Waals surface area contributed by atoms with E-state index in [2.05, 4.69) is 18.1 Å². The van der Waals surface area contributed by atoms with Crippen LogP contribution in [0, 0.1) is 0 Å². The van der Waals surface area contributed by atoms with Gasteiger partial charge in [-0.1, -0.05) is 12.2 Å². The van der Waals surface area contributed by atoms with Crippen molar-refractivity contribution in [2.75, 3.05) is 19.6 Å². The van der Waals surface area contributed by atoms with Gasteiger partial charge in [0.2, 0.25) is 0 Å². The van der Waals surface area contributed by atoms with Gasteiger partial charge in [-0.25, -0.2) is 0 Å². The fourth-order valence-corrected chi connectivity index (χ4v) is 1.76. The Labute approximate surface area is 93.8 Å². The number of rotatable bonds is 7. The second kappa shape index (κ2) is 6.27. The molecule has 3 nitrogen and oxygen atoms in total. The van der Waals surface area contributed by atoms with Crippen LogP contribution in [0.5, 0.6) is 0 Å². The van der Waals surface area contributed by atoms with Gasteiger partial charge >= 0.3 is 0 Å². The molecule has 1 aromatic rings. The second-order valence-electron chi connectivity index (χ2n) is 3.06. The maximum absolute atomic E-state index is 11.7. The Morgan fingerprint density at radius 1 is 1.47 bits per heavy atom. The van der Waals surface area contributed by atoms with Crippen molar-refractivity contribution in [2.24, 2.45) is 0 Å². The molecule has 0 aliphatic rings. The zero-order valence-corrected chi connectivity index (χ0v) is 9.37. The summed E-state index contributed by atoms with van der Waals surface area (Å²) in [7, 11) is 0. The summed E-state index contributed by atoms with van der Waals surface area (Å²) in [4.78, 5) is 18.3. The topological polar surface area (TPSA) is 33.2 Å². The highest BCUT2D eigenvalue weighted by molar-refractivity contribution is 7.11. The average Bonchev–Trinajstić information content (AvgIpc) is 2.71. The maximum Gasteiger partial charge on any atom is 0.188 e. The molecule has 1 aromatic heterocycles. The number of hydrogen-bond donors (Lipinski definition) is 0. The van der Waals surface area contributed by atoms with Crippen LogP contribution in [0.15, 0.2) is 37.0 Å². The molecule has 0 saturated heterocycles. The zero-order valence-electron chi connectivity index (χ0n) is 8.56. The largest absolute Gasteiger partial charge is 0.292 e. The van der Waals surface area contributed by atoms with E-state index in [1.54, 1.807) is 23.9 Å². The lowest BCUT2D eigenvalue weighted by atomic mass is 10.3. The van der Waals surface area contributed by atoms with Crippen molar-refractivity contribution in [1.82, 2.24) is 9.88 Å². The summed E-state index contributed by atoms with van der Waals surface area (Å²) in [6.07, 6.45) is 5.17. The van der Waals surface area contributed by atoms with Crippen molar-refractivity contribution in [3.8, 4) is 0 Å². The van der Waals surface area contributed by atoms with Crippen LogP contribution in [-0.4, -0.2) is 35.3 Å². The van der Waals surface area contributed by atoms with Crippen molar-refractivity contribution in [2.45, 2.75) is 0 Å². The highest BCUT2D eigenvalue weighted by Gasteiger charge is 2.11. The minimum Gasteiger partial charge on any atom is -0.292 e. The lowest BCUT2D eigenvalue weighted by Crippen LogP contribution is -2.29. The number of thiazole rings is 1. The van der Waals surface area contributed by atoms with Crippen LogP contribution >= 0.6 is 11.3 Å². The molecule has 0 saturated carbocycles. The molecule has 1 heterocycles. The van der Waals surface area contributed by atoms with E-state index < -0.39 is 0 Å². The summed E-state index contributed by atoms with van der Waals surface area (Å²) in [5, 5.41) is 0. The van der Waals surface area contributed by atoms with E-state index in [0.29, 0.717) is 24.5 Å². The summed E-state index contributed by atoms with van der Waals surface area (Å²) in [6.45, 7) is 9.08. The SMILES string of the molecule is C=CCN(CC=C)CC(=O)c1cncs1. The average molecular weight is 222 g/mol. The van der Waals surface area contributed by atoms with Gasteiger partial charge in [-0.15, -0.1) is 24.5 Å². The molecule has 0 radical (unpaired) electrons. The fourth-order valence-electron chi connectivity index (χ4n) is 1.20. The van der Waals surface area contributed by atoms with Crippen LogP contribution in [0.25, 0.3) is 0 Å². The summed E-state index contributed by atoms with van der Waals surface area (Å²) in [5.74, 6) is 0.0983. The van der Waals surface area contributed by atoms with Gasteiger partial charge in [-0.2, -0.15) is 0 Å². The highest BCUT2D eigenvalue weighted by Crippen LogP contribution is 2.07. The molecule has 15 heavy (non-hydrogen) atoms. The molecule has 0 bridgehead atoms. The van der Waals surface area contributed by atoms with Gasteiger partial charge in [-0.05, 0) is 0 Å². The van der Waals surface area contributed by atoms with E-state index in [-0.39, 0.29) is 5.78 Å². The number of ketones is 1. The van der Waals surface area contributed by atoms with E-state index in [1.807, 2.05) is 4.90 Å². The Bertz CT molecular complexity index is 322. The number of carbonyl (C=O) groups is 1. The van der Waals surface area contributed by atoms with Gasteiger partial charge in [-0.3, -0.25) is 14.7 Å². The Kier molecular flexibility index (Phi) is 4.93. The first-order valence-electron chi connectivity index (χ1n) is 4.63. The molecular weight excluding hydrogens is 208 g/mol. The fraction of sp³-hybridized carbons (Fsp3) is 0.273. The predicted molar refractivity (Wildman–Crippen MR) is 63.3 cm³/mol. The maximum atomic E-state index is 11.7. The third-order valence-electron chi connectivity index (χ3n) is 1.85. The van der Waals surface area contributed by atoms with Gasteiger partial charge in [0.1, 0.15) is 0 Å². The summed E-state index contributed by atoms with van der Waals surface area (Å²) >= 11 is 1.37. The van der Waals surface area contributed by atoms with Crippen molar-refractivity contribution in [1.29, 1.82) is 0 Å². The van der Waals surface area contributed by atoms with Crippen molar-refractivity contribution < 1.29 is 4.79 Å². The molecule has 0 aliphatic carbocycles. The van der Waals surface area contributed by atoms with Crippen molar-refractivity contribution in [3.05, 3.63) is 41.9 Å². The van der Waals surface area contributed by atoms with Gasteiger partial charge in [0, 0.05) is 19.3 Å². The molecule has 0 fully saturated rings. The van der Waals surface area contributed by atoms with Crippen molar-refractivity contribution in [3.63, 3.8) is 0 Å². The monoisotopic (exact) mass is 222 g/mol. The Morgan fingerprint density at radius 3 is 2.60 bits per heavy atom. The number of carbonyl (C=O) groups excluding carboxylic acids is 1. The molecule has 80 valence electrons. The van der Waals surface area contributed by atoms with Crippen LogP contribution in [0.4, 0.5) is 0 Å². The van der Waals surface area contributed by atoms with Crippen LogP contribution in [0.3, 0.4) is 0 Å². The molecule has 0 atom stereocenters. The first-order chi connectivity index (χ1) is 7.27. The number of Topliss-reactive ketones (excluding diaryl/α,β-unsaturated/α-hetero) is 1. The highest BCUT2D eigenvalue weighted by atomic mass is 32.1.